The summed E-state index contributed by atoms with van der Waals surface area (Å²) < 4.78 is 40.2. The Balaban J connectivity index is 1.15. The van der Waals surface area contributed by atoms with Gasteiger partial charge in [-0.1, -0.05) is 55.4 Å². The molecule has 2 amide bonds. The third-order valence-electron chi connectivity index (χ3n) is 16.0. The van der Waals surface area contributed by atoms with Crippen molar-refractivity contribution in [1.82, 2.24) is 15.8 Å². The summed E-state index contributed by atoms with van der Waals surface area (Å²) in [5.74, 6) is -6.61. The number of aliphatic hydroxyl groups is 2. The van der Waals surface area contributed by atoms with Crippen LogP contribution in [0.4, 0.5) is 0 Å². The van der Waals surface area contributed by atoms with E-state index >= 15 is 0 Å². The Labute approximate surface area is 385 Å². The fraction of sp³-hybridized carbons (Fsp3) is 0.780. The van der Waals surface area contributed by atoms with E-state index in [9.17, 15) is 29.4 Å². The number of carbonyl (C=O) groups is 4. The van der Waals surface area contributed by atoms with E-state index in [0.29, 0.717) is 63.4 Å². The molecule has 4 fully saturated rings. The fourth-order valence-electron chi connectivity index (χ4n) is 11.6. The summed E-state index contributed by atoms with van der Waals surface area (Å²) in [6, 6.07) is 3.11. The molecule has 15 nitrogen and oxygen atoms in total. The largest absolute Gasteiger partial charge is 0.453 e. The average molecular weight is 912 g/mol. The topological polar surface area (TPSA) is 201 Å². The molecule has 6 unspecified atom stereocenters. The van der Waals surface area contributed by atoms with Crippen LogP contribution in [0.2, 0.25) is 0 Å². The van der Waals surface area contributed by atoms with E-state index in [1.807, 2.05) is 47.6 Å². The van der Waals surface area contributed by atoms with Gasteiger partial charge in [0.2, 0.25) is 11.7 Å². The predicted octanol–water partition coefficient (Wildman–Crippen LogP) is 6.53. The van der Waals surface area contributed by atoms with Crippen LogP contribution in [0, 0.1) is 41.4 Å². The number of ketones is 1. The van der Waals surface area contributed by atoms with Gasteiger partial charge in [-0.25, -0.2) is 0 Å². The van der Waals surface area contributed by atoms with E-state index in [2.05, 4.69) is 36.6 Å². The van der Waals surface area contributed by atoms with Crippen LogP contribution in [-0.4, -0.2) is 104 Å². The number of carbonyl (C=O) groups excluding carboxylic acids is 4. The first-order valence-electron chi connectivity index (χ1n) is 24.4. The van der Waals surface area contributed by atoms with Crippen molar-refractivity contribution in [3.8, 4) is 0 Å². The van der Waals surface area contributed by atoms with Gasteiger partial charge in [0, 0.05) is 55.0 Å². The third-order valence-corrected chi connectivity index (χ3v) is 16.0. The lowest BCUT2D eigenvalue weighted by Crippen LogP contribution is -2.63. The number of Topliss-reactive ketones (excluding diaryl/α,β-unsaturated/α-hetero) is 1. The van der Waals surface area contributed by atoms with Crippen molar-refractivity contribution in [2.45, 2.75) is 206 Å². The number of pyridine rings is 1. The highest BCUT2D eigenvalue weighted by Crippen LogP contribution is 2.54. The Kier molecular flexibility index (Phi) is 16.1. The Bertz CT molecular complexity index is 1870. The maximum Gasteiger partial charge on any atom is 0.303 e. The molecular formula is C50H77N3O12. The summed E-state index contributed by atoms with van der Waals surface area (Å²) in [5.41, 5.74) is 3.69. The van der Waals surface area contributed by atoms with Crippen molar-refractivity contribution in [2.75, 3.05) is 0 Å². The van der Waals surface area contributed by atoms with Gasteiger partial charge in [0.05, 0.1) is 53.7 Å². The number of esters is 1. The van der Waals surface area contributed by atoms with Crippen LogP contribution >= 0.6 is 0 Å². The quantitative estimate of drug-likeness (QED) is 0.0893. The molecule has 18 atom stereocenters. The minimum Gasteiger partial charge on any atom is -0.453 e. The molecule has 0 saturated carbocycles. The van der Waals surface area contributed by atoms with Crippen LogP contribution in [0.15, 0.2) is 36.7 Å². The first-order chi connectivity index (χ1) is 30.7. The minimum atomic E-state index is -1.40. The van der Waals surface area contributed by atoms with E-state index < -0.39 is 94.9 Å². The Hall–Kier alpha value is -3.31. The van der Waals surface area contributed by atoms with Gasteiger partial charge in [0.1, 0.15) is 5.78 Å². The van der Waals surface area contributed by atoms with Crippen LogP contribution in [-0.2, 0) is 42.8 Å². The maximum atomic E-state index is 14.8. The summed E-state index contributed by atoms with van der Waals surface area (Å²) in [6.45, 7) is 21.0. The third kappa shape index (κ3) is 10.4. The Morgan fingerprint density at radius 1 is 0.892 bits per heavy atom. The summed E-state index contributed by atoms with van der Waals surface area (Å²) in [7, 11) is 0. The molecule has 364 valence electrons. The van der Waals surface area contributed by atoms with Crippen molar-refractivity contribution in [1.29, 1.82) is 0 Å². The van der Waals surface area contributed by atoms with Gasteiger partial charge >= 0.3 is 5.97 Å². The number of rotatable bonds is 14. The molecule has 5 aliphatic heterocycles. The minimum absolute atomic E-state index is 0.0382. The SMILES string of the molecule is CCC(C(=O)NNC(=O)c1ccncc1)[C@H]1CC[C@H](C)[C@H](C(C)C(O)[C@H](C)C(=O)[C@H](CC)[C@H]2O[C@]3(C=C[C@@H](OC(C)=O)[C@]4(CC[C@@](C)([C@H]5CC[C@](O)(CC)C(C)O5)O4)O3)C(C)CC2C)O1. The maximum absolute atomic E-state index is 14.8. The van der Waals surface area contributed by atoms with Crippen molar-refractivity contribution >= 4 is 23.6 Å². The first-order valence-corrected chi connectivity index (χ1v) is 24.4. The molecule has 6 heterocycles. The van der Waals surface area contributed by atoms with Gasteiger partial charge in [-0.2, -0.15) is 0 Å². The summed E-state index contributed by atoms with van der Waals surface area (Å²) in [6.07, 6.45) is 8.22. The number of hydrazine groups is 1. The Morgan fingerprint density at radius 2 is 1.58 bits per heavy atom. The lowest BCUT2D eigenvalue weighted by Gasteiger charge is -2.54. The highest BCUT2D eigenvalue weighted by atomic mass is 16.8. The zero-order chi connectivity index (χ0) is 47.6. The number of nitrogens with one attached hydrogen (secondary N) is 2. The molecular weight excluding hydrogens is 835 g/mol. The van der Waals surface area contributed by atoms with Crippen molar-refractivity contribution in [3.05, 3.63) is 42.2 Å². The van der Waals surface area contributed by atoms with E-state index in [1.165, 1.54) is 19.3 Å². The number of hydrogen-bond acceptors (Lipinski definition) is 13. The molecule has 4 saturated heterocycles. The van der Waals surface area contributed by atoms with Gasteiger partial charge in [-0.15, -0.1) is 0 Å². The molecule has 0 bridgehead atoms. The number of hydrogen-bond donors (Lipinski definition) is 4. The number of aliphatic hydroxyl groups excluding tert-OH is 1. The fourth-order valence-corrected chi connectivity index (χ4v) is 11.6. The smallest absolute Gasteiger partial charge is 0.303 e. The molecule has 2 spiro atoms. The summed E-state index contributed by atoms with van der Waals surface area (Å²) in [4.78, 5) is 57.2. The van der Waals surface area contributed by atoms with Crippen molar-refractivity contribution < 1.29 is 57.8 Å². The van der Waals surface area contributed by atoms with Crippen LogP contribution in [0.25, 0.3) is 0 Å². The first kappa shape index (κ1) is 51.1. The second-order valence-corrected chi connectivity index (χ2v) is 20.3. The van der Waals surface area contributed by atoms with Crippen molar-refractivity contribution in [2.24, 2.45) is 41.4 Å². The highest BCUT2D eigenvalue weighted by molar-refractivity contribution is 5.95. The van der Waals surface area contributed by atoms with Crippen LogP contribution < -0.4 is 10.9 Å². The van der Waals surface area contributed by atoms with Gasteiger partial charge in [-0.05, 0) is 108 Å². The van der Waals surface area contributed by atoms with Gasteiger partial charge in [0.25, 0.3) is 5.91 Å². The molecule has 5 aliphatic rings. The van der Waals surface area contributed by atoms with E-state index in [1.54, 1.807) is 25.1 Å². The summed E-state index contributed by atoms with van der Waals surface area (Å²) in [5, 5.41) is 23.2. The normalized spacial score (nSPS) is 39.5. The molecule has 0 aliphatic carbocycles. The predicted molar refractivity (Wildman–Crippen MR) is 240 cm³/mol. The van der Waals surface area contributed by atoms with Gasteiger partial charge < -0.3 is 38.6 Å². The molecule has 1 aromatic rings. The second-order valence-electron chi connectivity index (χ2n) is 20.3. The lowest BCUT2D eigenvalue weighted by atomic mass is 9.72. The van der Waals surface area contributed by atoms with Gasteiger partial charge in [0.15, 0.2) is 11.9 Å². The summed E-state index contributed by atoms with van der Waals surface area (Å²) >= 11 is 0. The molecule has 6 rings (SSSR count). The highest BCUT2D eigenvalue weighted by Gasteiger charge is 2.64. The molecule has 1 aromatic heterocycles. The molecule has 4 N–H and O–H groups in total. The number of ether oxygens (including phenoxy) is 6. The zero-order valence-corrected chi connectivity index (χ0v) is 40.5. The average Bonchev–Trinajstić information content (AvgIpc) is 3.63. The van der Waals surface area contributed by atoms with Crippen LogP contribution in [0.3, 0.4) is 0 Å². The molecule has 65 heavy (non-hydrogen) atoms. The van der Waals surface area contributed by atoms with E-state index in [4.69, 9.17) is 28.4 Å². The molecule has 0 aromatic carbocycles. The zero-order valence-electron chi connectivity index (χ0n) is 40.5. The van der Waals surface area contributed by atoms with Crippen molar-refractivity contribution in [3.63, 3.8) is 0 Å². The number of amides is 2. The molecule has 0 radical (unpaired) electrons. The number of nitrogens with zero attached hydrogens (tertiary/aromatic N) is 1. The Morgan fingerprint density at radius 3 is 2.22 bits per heavy atom. The molecule has 15 heteroatoms. The second kappa shape index (κ2) is 20.5. The van der Waals surface area contributed by atoms with E-state index in [0.717, 1.165) is 6.42 Å². The standard InChI is InChI=1S/C50H77N3O12/c1-12-36(46(58)53-52-45(57)35-19-25-51-26-20-35)38-16-15-28(4)43(62-38)32(8)41(55)31(7)42(56)37(13-2)44-29(5)27-30(6)49(63-44)22-18-40(61-34(10)54)50(65-49)24-23-47(11,64-50)39-17-21-48(59,14-3)33(9)60-39/h18-20,22,25-26,28-33,36-41,43-44,55,59H,12-17,21,23-24,27H2,1-11H3,(H,52,57)(H,53,58)/t28-,29?,30?,31-,32?,33?,36?,37-,38+,39+,40+,41?,43+,44-,47-,48+,49-,50-/m0/s1. The van der Waals surface area contributed by atoms with Gasteiger partial charge in [-0.3, -0.25) is 35.0 Å². The monoisotopic (exact) mass is 912 g/mol. The van der Waals surface area contributed by atoms with Crippen LogP contribution in [0.1, 0.15) is 151 Å². The van der Waals surface area contributed by atoms with E-state index in [-0.39, 0.29) is 35.5 Å². The lowest BCUT2D eigenvalue weighted by molar-refractivity contribution is -0.409. The van der Waals surface area contributed by atoms with Crippen LogP contribution in [0.5, 0.6) is 0 Å². The number of aromatic nitrogens is 1.